The summed E-state index contributed by atoms with van der Waals surface area (Å²) in [5.41, 5.74) is 3.31. The van der Waals surface area contributed by atoms with E-state index in [1.54, 1.807) is 12.1 Å². The van der Waals surface area contributed by atoms with Crippen LogP contribution < -0.4 is 15.5 Å². The van der Waals surface area contributed by atoms with Crippen LogP contribution in [0.5, 0.6) is 0 Å². The highest BCUT2D eigenvalue weighted by Gasteiger charge is 2.35. The number of fused-ring (bicyclic) bond motifs is 1. The lowest BCUT2D eigenvalue weighted by atomic mass is 10.0. The van der Waals surface area contributed by atoms with E-state index < -0.39 is 48.4 Å². The largest absolute Gasteiger partial charge is 0.480 e. The molecule has 9 nitrogen and oxygen atoms in total. The lowest BCUT2D eigenvalue weighted by Gasteiger charge is -2.28. The highest BCUT2D eigenvalue weighted by molar-refractivity contribution is 6.02. The number of carbonyl (C=O) groups excluding carboxylic acids is 3. The van der Waals surface area contributed by atoms with Crippen LogP contribution in [-0.2, 0) is 43.2 Å². The molecule has 1 aliphatic rings. The zero-order chi connectivity index (χ0) is 29.2. The average molecular weight is 558 g/mol. The van der Waals surface area contributed by atoms with Crippen LogP contribution in [0.2, 0.25) is 0 Å². The van der Waals surface area contributed by atoms with Gasteiger partial charge in [0.05, 0.1) is 19.2 Å². The second-order valence-corrected chi connectivity index (χ2v) is 10.1. The van der Waals surface area contributed by atoms with Crippen molar-refractivity contribution in [3.8, 4) is 0 Å². The van der Waals surface area contributed by atoms with Gasteiger partial charge in [-0.3, -0.25) is 24.6 Å². The van der Waals surface area contributed by atoms with Crippen LogP contribution in [0.15, 0.2) is 84.9 Å². The van der Waals surface area contributed by atoms with Gasteiger partial charge in [-0.15, -0.1) is 0 Å². The molecular weight excluding hydrogens is 522 g/mol. The van der Waals surface area contributed by atoms with Gasteiger partial charge in [0.1, 0.15) is 12.6 Å². The topological polar surface area (TPSA) is 125 Å². The number of benzene rings is 3. The first-order valence-electron chi connectivity index (χ1n) is 13.7. The highest BCUT2D eigenvalue weighted by Crippen LogP contribution is 2.27. The predicted molar refractivity (Wildman–Crippen MR) is 154 cm³/mol. The third-order valence-electron chi connectivity index (χ3n) is 7.21. The molecule has 1 heterocycles. The Bertz CT molecular complexity index is 1350. The van der Waals surface area contributed by atoms with Gasteiger partial charge >= 0.3 is 11.9 Å². The van der Waals surface area contributed by atoms with Crippen LogP contribution in [0, 0.1) is 0 Å². The summed E-state index contributed by atoms with van der Waals surface area (Å²) in [5.74, 6) is -2.55. The van der Waals surface area contributed by atoms with Gasteiger partial charge in [0.15, 0.2) is 0 Å². The Morgan fingerprint density at radius 2 is 1.56 bits per heavy atom. The Hall–Kier alpha value is -4.50. The minimum absolute atomic E-state index is 0.245. The van der Waals surface area contributed by atoms with Gasteiger partial charge in [0.25, 0.3) is 0 Å². The van der Waals surface area contributed by atoms with Gasteiger partial charge in [0.2, 0.25) is 11.8 Å². The molecule has 3 N–H and O–H groups in total. The normalized spacial score (nSPS) is 16.2. The minimum atomic E-state index is -1.13. The molecule has 1 aliphatic heterocycles. The number of esters is 1. The predicted octanol–water partition coefficient (Wildman–Crippen LogP) is 2.91. The summed E-state index contributed by atoms with van der Waals surface area (Å²) < 4.78 is 4.97. The molecule has 0 saturated carbocycles. The monoisotopic (exact) mass is 557 g/mol. The van der Waals surface area contributed by atoms with Crippen molar-refractivity contribution in [3.05, 3.63) is 102 Å². The van der Waals surface area contributed by atoms with Crippen LogP contribution in [0.4, 0.5) is 5.69 Å². The van der Waals surface area contributed by atoms with E-state index in [2.05, 4.69) is 10.6 Å². The Kier molecular flexibility index (Phi) is 10.2. The summed E-state index contributed by atoms with van der Waals surface area (Å²) in [4.78, 5) is 53.0. The average Bonchev–Trinajstić information content (AvgIpc) is 3.11. The molecule has 2 amide bonds. The molecule has 0 saturated heterocycles. The maximum absolute atomic E-state index is 13.7. The van der Waals surface area contributed by atoms with E-state index >= 15 is 0 Å². The van der Waals surface area contributed by atoms with E-state index in [1.807, 2.05) is 72.8 Å². The van der Waals surface area contributed by atoms with Crippen LogP contribution in [0.1, 0.15) is 29.5 Å². The van der Waals surface area contributed by atoms with E-state index in [-0.39, 0.29) is 6.42 Å². The summed E-state index contributed by atoms with van der Waals surface area (Å²) in [5, 5.41) is 15.6. The smallest absolute Gasteiger partial charge is 0.328 e. The molecule has 3 aromatic rings. The Labute approximate surface area is 239 Å². The van der Waals surface area contributed by atoms with Crippen molar-refractivity contribution in [1.29, 1.82) is 0 Å². The number of ether oxygens (including phenoxy) is 1. The summed E-state index contributed by atoms with van der Waals surface area (Å²) in [6, 6.07) is 23.7. The molecule has 0 spiro atoms. The fourth-order valence-corrected chi connectivity index (χ4v) is 5.11. The van der Waals surface area contributed by atoms with Crippen LogP contribution in [-0.4, -0.2) is 60.6 Å². The summed E-state index contributed by atoms with van der Waals surface area (Å²) in [6.07, 6.45) is 2.06. The zero-order valence-corrected chi connectivity index (χ0v) is 23.0. The molecule has 0 aliphatic carbocycles. The number of carboxylic acid groups (broad SMARTS) is 1. The fourth-order valence-electron chi connectivity index (χ4n) is 5.11. The number of hydrogen-bond donors (Lipinski definition) is 3. The van der Waals surface area contributed by atoms with Gasteiger partial charge in [-0.05, 0) is 48.4 Å². The van der Waals surface area contributed by atoms with Crippen LogP contribution in [0.25, 0.3) is 0 Å². The molecule has 0 bridgehead atoms. The van der Waals surface area contributed by atoms with Crippen molar-refractivity contribution in [1.82, 2.24) is 10.6 Å². The van der Waals surface area contributed by atoms with Gasteiger partial charge in [-0.25, -0.2) is 4.79 Å². The standard InChI is InChI=1S/C32H35N3O6/c1-41-32(40)27(20-23-12-6-3-7-13-23)34-30(38)25(18-16-22-10-4-2-5-11-22)33-26-19-17-24-14-8-9-15-28(24)35(31(26)39)21-29(36)37/h2-15,25-27,33H,16-21H2,1H3,(H,34,38)(H,36,37)/t25?,26?,27-/m0/s1. The number of nitrogens with one attached hydrogen (secondary N) is 2. The third kappa shape index (κ3) is 8.02. The Balaban J connectivity index is 1.57. The van der Waals surface area contributed by atoms with Crippen molar-refractivity contribution in [2.75, 3.05) is 18.6 Å². The number of rotatable bonds is 12. The Morgan fingerprint density at radius 3 is 2.22 bits per heavy atom. The quantitative estimate of drug-likeness (QED) is 0.293. The van der Waals surface area contributed by atoms with Gasteiger partial charge < -0.3 is 15.2 Å². The molecule has 9 heteroatoms. The number of carboxylic acids is 1. The summed E-state index contributed by atoms with van der Waals surface area (Å²) >= 11 is 0. The molecule has 4 rings (SSSR count). The first-order chi connectivity index (χ1) is 19.9. The number of anilines is 1. The summed E-state index contributed by atoms with van der Waals surface area (Å²) in [6.45, 7) is -0.490. The Morgan fingerprint density at radius 1 is 0.927 bits per heavy atom. The lowest BCUT2D eigenvalue weighted by Crippen LogP contribution is -2.57. The molecule has 3 aromatic carbocycles. The molecular formula is C32H35N3O6. The van der Waals surface area contributed by atoms with Crippen molar-refractivity contribution in [2.45, 2.75) is 50.2 Å². The SMILES string of the molecule is COC(=O)[C@H](Cc1ccccc1)NC(=O)C(CCc1ccccc1)NC1CCc2ccccc2N(CC(=O)O)C1=O. The first kappa shape index (κ1) is 29.5. The van der Waals surface area contributed by atoms with Crippen LogP contribution >= 0.6 is 0 Å². The van der Waals surface area contributed by atoms with E-state index in [1.165, 1.54) is 12.0 Å². The zero-order valence-electron chi connectivity index (χ0n) is 23.0. The molecule has 214 valence electrons. The summed E-state index contributed by atoms with van der Waals surface area (Å²) in [7, 11) is 1.27. The van der Waals surface area contributed by atoms with Crippen LogP contribution in [0.3, 0.4) is 0 Å². The number of amides is 2. The maximum atomic E-state index is 13.7. The lowest BCUT2D eigenvalue weighted by molar-refractivity contribution is -0.145. The number of hydrogen-bond acceptors (Lipinski definition) is 6. The number of aryl methyl sites for hydroxylation is 2. The molecule has 2 unspecified atom stereocenters. The van der Waals surface area contributed by atoms with E-state index in [9.17, 15) is 24.3 Å². The van der Waals surface area contributed by atoms with Gasteiger partial charge in [0, 0.05) is 12.1 Å². The molecule has 41 heavy (non-hydrogen) atoms. The number of carbonyl (C=O) groups is 4. The molecule has 0 fully saturated rings. The van der Waals surface area contributed by atoms with Crippen molar-refractivity contribution in [3.63, 3.8) is 0 Å². The van der Waals surface area contributed by atoms with Gasteiger partial charge in [-0.2, -0.15) is 0 Å². The van der Waals surface area contributed by atoms with E-state index in [0.29, 0.717) is 31.4 Å². The van der Waals surface area contributed by atoms with Crippen molar-refractivity contribution in [2.24, 2.45) is 0 Å². The number of para-hydroxylation sites is 1. The molecule has 3 atom stereocenters. The second kappa shape index (κ2) is 14.2. The van der Waals surface area contributed by atoms with Crippen molar-refractivity contribution < 1.29 is 29.0 Å². The minimum Gasteiger partial charge on any atom is -0.480 e. The van der Waals surface area contributed by atoms with E-state index in [4.69, 9.17) is 4.74 Å². The number of aliphatic carboxylic acids is 1. The highest BCUT2D eigenvalue weighted by atomic mass is 16.5. The number of methoxy groups -OCH3 is 1. The first-order valence-corrected chi connectivity index (χ1v) is 13.7. The second-order valence-electron chi connectivity index (χ2n) is 10.1. The van der Waals surface area contributed by atoms with Crippen molar-refractivity contribution >= 4 is 29.4 Å². The fraction of sp³-hybridized carbons (Fsp3) is 0.312. The molecule has 0 radical (unpaired) electrons. The molecule has 0 aromatic heterocycles. The maximum Gasteiger partial charge on any atom is 0.328 e. The van der Waals surface area contributed by atoms with E-state index in [0.717, 1.165) is 16.7 Å². The number of nitrogens with zero attached hydrogens (tertiary/aromatic N) is 1. The third-order valence-corrected chi connectivity index (χ3v) is 7.21. The van der Waals surface area contributed by atoms with Gasteiger partial charge in [-0.1, -0.05) is 78.9 Å².